The van der Waals surface area contributed by atoms with Gasteiger partial charge in [-0.25, -0.2) is 4.99 Å². The highest BCUT2D eigenvalue weighted by atomic mass is 16.5. The first-order chi connectivity index (χ1) is 13.6. The molecule has 0 spiro atoms. The zero-order chi connectivity index (χ0) is 20.4. The molecular weight excluding hydrogens is 358 g/mol. The Balaban J connectivity index is 2.13. The van der Waals surface area contributed by atoms with Crippen LogP contribution in [0.25, 0.3) is 0 Å². The molecule has 7 nitrogen and oxygen atoms in total. The number of hydrogen-bond acceptors (Lipinski definition) is 5. The van der Waals surface area contributed by atoms with Crippen molar-refractivity contribution in [3.05, 3.63) is 47.5 Å². The Bertz CT molecular complexity index is 768. The molecule has 0 radical (unpaired) electrons. The van der Waals surface area contributed by atoms with Crippen molar-refractivity contribution in [3.63, 3.8) is 0 Å². The summed E-state index contributed by atoms with van der Waals surface area (Å²) in [5.74, 6) is 3.35. The molecule has 0 unspecified atom stereocenters. The number of rotatable bonds is 9. The zero-order valence-corrected chi connectivity index (χ0v) is 17.2. The van der Waals surface area contributed by atoms with Crippen LogP contribution in [-0.4, -0.2) is 40.9 Å². The Morgan fingerprint density at radius 1 is 0.857 bits per heavy atom. The first kappa shape index (κ1) is 21.2. The van der Waals surface area contributed by atoms with Gasteiger partial charge in [0.25, 0.3) is 0 Å². The van der Waals surface area contributed by atoms with E-state index in [2.05, 4.69) is 15.6 Å². The van der Waals surface area contributed by atoms with Gasteiger partial charge in [0.2, 0.25) is 5.75 Å². The topological polar surface area (TPSA) is 73.3 Å². The summed E-state index contributed by atoms with van der Waals surface area (Å²) in [5.41, 5.74) is 2.06. The summed E-state index contributed by atoms with van der Waals surface area (Å²) >= 11 is 0. The number of nitrogens with one attached hydrogen (secondary N) is 2. The predicted octanol–water partition coefficient (Wildman–Crippen LogP) is 2.98. The standard InChI is InChI=1S/C21H29N3O4/c1-6-22-21(23-13-15-8-7-9-17(10-15)25-2)24-14-16-11-18(26-3)20(28-5)19(12-16)27-4/h7-12H,6,13-14H2,1-5H3,(H2,22,23,24). The van der Waals surface area contributed by atoms with Crippen LogP contribution in [0.4, 0.5) is 0 Å². The molecule has 2 rings (SSSR count). The van der Waals surface area contributed by atoms with Gasteiger partial charge in [0.15, 0.2) is 17.5 Å². The quantitative estimate of drug-likeness (QED) is 0.509. The highest BCUT2D eigenvalue weighted by Gasteiger charge is 2.13. The third-order valence-electron chi connectivity index (χ3n) is 4.08. The van der Waals surface area contributed by atoms with Gasteiger partial charge in [-0.05, 0) is 42.3 Å². The SMILES string of the molecule is CCNC(=NCc1cc(OC)c(OC)c(OC)c1)NCc1cccc(OC)c1. The third kappa shape index (κ3) is 5.70. The van der Waals surface area contributed by atoms with E-state index in [0.717, 1.165) is 29.4 Å². The maximum absolute atomic E-state index is 5.40. The van der Waals surface area contributed by atoms with Crippen LogP contribution in [0.3, 0.4) is 0 Å². The van der Waals surface area contributed by atoms with Gasteiger partial charge >= 0.3 is 0 Å². The molecule has 2 aromatic carbocycles. The third-order valence-corrected chi connectivity index (χ3v) is 4.08. The first-order valence-corrected chi connectivity index (χ1v) is 9.09. The van der Waals surface area contributed by atoms with Gasteiger partial charge in [-0.15, -0.1) is 0 Å². The molecule has 0 atom stereocenters. The monoisotopic (exact) mass is 387 g/mol. The van der Waals surface area contributed by atoms with Crippen LogP contribution < -0.4 is 29.6 Å². The van der Waals surface area contributed by atoms with Gasteiger partial charge < -0.3 is 29.6 Å². The van der Waals surface area contributed by atoms with Crippen LogP contribution in [0.5, 0.6) is 23.0 Å². The molecule has 0 aliphatic rings. The normalized spacial score (nSPS) is 11.0. The van der Waals surface area contributed by atoms with Crippen LogP contribution in [0, 0.1) is 0 Å². The summed E-state index contributed by atoms with van der Waals surface area (Å²) in [6.07, 6.45) is 0. The average molecular weight is 387 g/mol. The Hall–Kier alpha value is -3.09. The number of benzene rings is 2. The summed E-state index contributed by atoms with van der Waals surface area (Å²) in [6, 6.07) is 11.7. The fraction of sp³-hybridized carbons (Fsp3) is 0.381. The van der Waals surface area contributed by atoms with Gasteiger partial charge in [0.05, 0.1) is 35.0 Å². The summed E-state index contributed by atoms with van der Waals surface area (Å²) < 4.78 is 21.4. The Kier molecular flexibility index (Phi) is 8.27. The van der Waals surface area contributed by atoms with Crippen molar-refractivity contribution in [2.24, 2.45) is 4.99 Å². The molecule has 0 saturated carbocycles. The van der Waals surface area contributed by atoms with E-state index in [-0.39, 0.29) is 0 Å². The van der Waals surface area contributed by atoms with E-state index >= 15 is 0 Å². The minimum Gasteiger partial charge on any atom is -0.497 e. The van der Waals surface area contributed by atoms with Crippen LogP contribution in [0.1, 0.15) is 18.1 Å². The molecule has 0 aliphatic heterocycles. The number of hydrogen-bond donors (Lipinski definition) is 2. The van der Waals surface area contributed by atoms with E-state index in [1.165, 1.54) is 0 Å². The van der Waals surface area contributed by atoms with E-state index in [1.54, 1.807) is 28.4 Å². The smallest absolute Gasteiger partial charge is 0.203 e. The molecule has 0 aliphatic carbocycles. The molecular formula is C21H29N3O4. The molecule has 2 aromatic rings. The van der Waals surface area contributed by atoms with Crippen molar-refractivity contribution in [1.82, 2.24) is 10.6 Å². The number of ether oxygens (including phenoxy) is 4. The molecule has 28 heavy (non-hydrogen) atoms. The van der Waals surface area contributed by atoms with E-state index in [4.69, 9.17) is 18.9 Å². The Morgan fingerprint density at radius 3 is 2.14 bits per heavy atom. The number of nitrogens with zero attached hydrogens (tertiary/aromatic N) is 1. The number of guanidine groups is 1. The second-order valence-corrected chi connectivity index (χ2v) is 5.93. The van der Waals surface area contributed by atoms with Crippen LogP contribution in [0.2, 0.25) is 0 Å². The molecule has 0 fully saturated rings. The molecule has 0 saturated heterocycles. The summed E-state index contributed by atoms with van der Waals surface area (Å²) in [7, 11) is 6.45. The number of aliphatic imine (C=N–C) groups is 1. The summed E-state index contributed by atoms with van der Waals surface area (Å²) in [6.45, 7) is 3.89. The van der Waals surface area contributed by atoms with Gasteiger partial charge in [0.1, 0.15) is 5.75 Å². The Morgan fingerprint density at radius 2 is 1.57 bits per heavy atom. The van der Waals surface area contributed by atoms with Crippen LogP contribution in [-0.2, 0) is 13.1 Å². The van der Waals surface area contributed by atoms with E-state index in [9.17, 15) is 0 Å². The first-order valence-electron chi connectivity index (χ1n) is 9.09. The van der Waals surface area contributed by atoms with Crippen LogP contribution in [0.15, 0.2) is 41.4 Å². The fourth-order valence-electron chi connectivity index (χ4n) is 2.71. The lowest BCUT2D eigenvalue weighted by molar-refractivity contribution is 0.324. The molecule has 0 heterocycles. The van der Waals surface area contributed by atoms with Gasteiger partial charge in [-0.2, -0.15) is 0 Å². The maximum Gasteiger partial charge on any atom is 0.203 e. The van der Waals surface area contributed by atoms with Crippen molar-refractivity contribution in [1.29, 1.82) is 0 Å². The molecule has 7 heteroatoms. The van der Waals surface area contributed by atoms with E-state index < -0.39 is 0 Å². The lowest BCUT2D eigenvalue weighted by Gasteiger charge is -2.14. The Labute approximate surface area is 166 Å². The maximum atomic E-state index is 5.40. The summed E-state index contributed by atoms with van der Waals surface area (Å²) in [5, 5.41) is 6.59. The molecule has 2 N–H and O–H groups in total. The van der Waals surface area contributed by atoms with Crippen molar-refractivity contribution < 1.29 is 18.9 Å². The largest absolute Gasteiger partial charge is 0.497 e. The van der Waals surface area contributed by atoms with Crippen molar-refractivity contribution in [2.45, 2.75) is 20.0 Å². The highest BCUT2D eigenvalue weighted by molar-refractivity contribution is 5.79. The lowest BCUT2D eigenvalue weighted by Crippen LogP contribution is -2.36. The fourth-order valence-corrected chi connectivity index (χ4v) is 2.71. The van der Waals surface area contributed by atoms with Gasteiger partial charge in [-0.3, -0.25) is 0 Å². The van der Waals surface area contributed by atoms with Crippen molar-refractivity contribution in [2.75, 3.05) is 35.0 Å². The van der Waals surface area contributed by atoms with Crippen molar-refractivity contribution in [3.8, 4) is 23.0 Å². The van der Waals surface area contributed by atoms with E-state index in [0.29, 0.717) is 30.3 Å². The lowest BCUT2D eigenvalue weighted by atomic mass is 10.2. The second-order valence-electron chi connectivity index (χ2n) is 5.93. The molecule has 0 bridgehead atoms. The van der Waals surface area contributed by atoms with Gasteiger partial charge in [0, 0.05) is 13.1 Å². The molecule has 0 aromatic heterocycles. The van der Waals surface area contributed by atoms with Crippen LogP contribution >= 0.6 is 0 Å². The van der Waals surface area contributed by atoms with E-state index in [1.807, 2.05) is 43.3 Å². The minimum absolute atomic E-state index is 0.462. The minimum atomic E-state index is 0.462. The summed E-state index contributed by atoms with van der Waals surface area (Å²) in [4.78, 5) is 4.66. The highest BCUT2D eigenvalue weighted by Crippen LogP contribution is 2.38. The van der Waals surface area contributed by atoms with Crippen molar-refractivity contribution >= 4 is 5.96 Å². The average Bonchev–Trinajstić information content (AvgIpc) is 2.74. The molecule has 0 amide bonds. The number of methoxy groups -OCH3 is 4. The van der Waals surface area contributed by atoms with Gasteiger partial charge in [-0.1, -0.05) is 12.1 Å². The molecule has 152 valence electrons. The predicted molar refractivity (Wildman–Crippen MR) is 111 cm³/mol. The second kappa shape index (κ2) is 10.9. The zero-order valence-electron chi connectivity index (χ0n) is 17.2.